The molecule has 4 rings (SSSR count). The molecule has 2 saturated heterocycles. The van der Waals surface area contributed by atoms with Gasteiger partial charge in [0.15, 0.2) is 0 Å². The molecule has 0 aliphatic carbocycles. The first-order chi connectivity index (χ1) is 17.1. The highest BCUT2D eigenvalue weighted by Gasteiger charge is 2.30. The van der Waals surface area contributed by atoms with Crippen LogP contribution in [0.1, 0.15) is 48.9 Å². The second-order valence-corrected chi connectivity index (χ2v) is 13.1. The Bertz CT molecular complexity index is 1330. The molecule has 1 amide bonds. The lowest BCUT2D eigenvalue weighted by molar-refractivity contribution is 0.102. The predicted octanol–water partition coefficient (Wildman–Crippen LogP) is 3.95. The van der Waals surface area contributed by atoms with Crippen LogP contribution in [0.25, 0.3) is 0 Å². The molecule has 2 aromatic carbocycles. The number of benzene rings is 2. The van der Waals surface area contributed by atoms with E-state index in [2.05, 4.69) is 5.32 Å². The molecular weight excluding hydrogens is 526 g/mol. The highest BCUT2D eigenvalue weighted by atomic mass is 35.5. The van der Waals surface area contributed by atoms with E-state index in [-0.39, 0.29) is 31.8 Å². The number of ether oxygens (including phenoxy) is 1. The molecule has 0 spiro atoms. The maximum absolute atomic E-state index is 13.3. The summed E-state index contributed by atoms with van der Waals surface area (Å²) >= 11 is 6.26. The standard InChI is InChI=1S/C24H30ClN3O6S2/c1-34-22-11-9-19(35(30,31)27-14-6-7-15-27)17-21(22)26-24(29)18-8-10-20(25)23(16-18)36(32,33)28-12-4-2-3-5-13-28/h8-11,16-17H,2-7,12-15H2,1H3,(H,26,29). The van der Waals surface area contributed by atoms with Crippen molar-refractivity contribution in [1.29, 1.82) is 0 Å². The van der Waals surface area contributed by atoms with Gasteiger partial charge in [-0.25, -0.2) is 16.8 Å². The lowest BCUT2D eigenvalue weighted by atomic mass is 10.2. The minimum Gasteiger partial charge on any atom is -0.495 e. The molecule has 2 heterocycles. The van der Waals surface area contributed by atoms with E-state index in [0.717, 1.165) is 38.5 Å². The van der Waals surface area contributed by atoms with Gasteiger partial charge in [-0.3, -0.25) is 4.79 Å². The Morgan fingerprint density at radius 1 is 0.833 bits per heavy atom. The molecule has 0 atom stereocenters. The maximum atomic E-state index is 13.3. The lowest BCUT2D eigenvalue weighted by Crippen LogP contribution is -2.32. The van der Waals surface area contributed by atoms with Gasteiger partial charge in [-0.2, -0.15) is 8.61 Å². The third-order valence-corrected chi connectivity index (χ3v) is 10.8. The average Bonchev–Trinajstić information content (AvgIpc) is 3.27. The van der Waals surface area contributed by atoms with E-state index < -0.39 is 26.0 Å². The number of anilines is 1. The van der Waals surface area contributed by atoms with Gasteiger partial charge in [0.1, 0.15) is 10.6 Å². The largest absolute Gasteiger partial charge is 0.495 e. The van der Waals surface area contributed by atoms with E-state index in [9.17, 15) is 21.6 Å². The Hall–Kier alpha value is -2.18. The van der Waals surface area contributed by atoms with Crippen molar-refractivity contribution in [1.82, 2.24) is 8.61 Å². The normalized spacial score (nSPS) is 18.1. The van der Waals surface area contributed by atoms with E-state index in [1.165, 1.54) is 52.1 Å². The van der Waals surface area contributed by atoms with Crippen LogP contribution in [0.15, 0.2) is 46.2 Å². The number of hydrogen-bond donors (Lipinski definition) is 1. The quantitative estimate of drug-likeness (QED) is 0.553. The Morgan fingerprint density at radius 3 is 2.03 bits per heavy atom. The van der Waals surface area contributed by atoms with Crippen LogP contribution in [0.4, 0.5) is 5.69 Å². The van der Waals surface area contributed by atoms with Gasteiger partial charge in [0.25, 0.3) is 5.91 Å². The van der Waals surface area contributed by atoms with Gasteiger partial charge >= 0.3 is 0 Å². The molecule has 0 radical (unpaired) electrons. The Kier molecular flexibility index (Phi) is 8.25. The number of sulfonamides is 2. The summed E-state index contributed by atoms with van der Waals surface area (Å²) in [5, 5.41) is 2.70. The molecule has 0 aromatic heterocycles. The van der Waals surface area contributed by atoms with Crippen molar-refractivity contribution in [3.05, 3.63) is 47.0 Å². The lowest BCUT2D eigenvalue weighted by Gasteiger charge is -2.21. The summed E-state index contributed by atoms with van der Waals surface area (Å²) < 4.78 is 60.7. The third kappa shape index (κ3) is 5.55. The summed E-state index contributed by atoms with van der Waals surface area (Å²) in [6.07, 6.45) is 5.09. The Labute approximate surface area is 217 Å². The molecule has 0 saturated carbocycles. The second kappa shape index (κ2) is 11.1. The molecule has 9 nitrogen and oxygen atoms in total. The van der Waals surface area contributed by atoms with Crippen LogP contribution in [0.5, 0.6) is 5.75 Å². The molecule has 12 heteroatoms. The number of methoxy groups -OCH3 is 1. The fourth-order valence-electron chi connectivity index (χ4n) is 4.48. The van der Waals surface area contributed by atoms with Gasteiger partial charge in [-0.1, -0.05) is 24.4 Å². The first-order valence-electron chi connectivity index (χ1n) is 11.9. The molecule has 2 fully saturated rings. The number of amides is 1. The van der Waals surface area contributed by atoms with Crippen LogP contribution >= 0.6 is 11.6 Å². The zero-order valence-electron chi connectivity index (χ0n) is 20.1. The van der Waals surface area contributed by atoms with Crippen molar-refractivity contribution < 1.29 is 26.4 Å². The summed E-state index contributed by atoms with van der Waals surface area (Å²) in [6.45, 7) is 1.72. The molecule has 1 N–H and O–H groups in total. The number of hydrogen-bond acceptors (Lipinski definition) is 6. The SMILES string of the molecule is COc1ccc(S(=O)(=O)N2CCCC2)cc1NC(=O)c1ccc(Cl)c(S(=O)(=O)N2CCCCCC2)c1. The van der Waals surface area contributed by atoms with Crippen LogP contribution in [0, 0.1) is 0 Å². The summed E-state index contributed by atoms with van der Waals surface area (Å²) in [7, 11) is -6.18. The molecule has 0 bridgehead atoms. The van der Waals surface area contributed by atoms with Crippen LogP contribution in [0.2, 0.25) is 5.02 Å². The number of carbonyl (C=O) groups excluding carboxylic acids is 1. The summed E-state index contributed by atoms with van der Waals surface area (Å²) in [4.78, 5) is 13.1. The smallest absolute Gasteiger partial charge is 0.255 e. The summed E-state index contributed by atoms with van der Waals surface area (Å²) in [5.41, 5.74) is 0.234. The van der Waals surface area contributed by atoms with E-state index in [4.69, 9.17) is 16.3 Å². The van der Waals surface area contributed by atoms with E-state index in [1.807, 2.05) is 0 Å². The van der Waals surface area contributed by atoms with Crippen molar-refractivity contribution in [2.45, 2.75) is 48.3 Å². The Balaban J connectivity index is 1.62. The maximum Gasteiger partial charge on any atom is 0.255 e. The molecule has 2 aliphatic heterocycles. The van der Waals surface area contributed by atoms with Gasteiger partial charge in [-0.15, -0.1) is 0 Å². The van der Waals surface area contributed by atoms with E-state index in [0.29, 0.717) is 26.2 Å². The molecule has 2 aromatic rings. The predicted molar refractivity (Wildman–Crippen MR) is 138 cm³/mol. The van der Waals surface area contributed by atoms with Crippen LogP contribution < -0.4 is 10.1 Å². The summed E-state index contributed by atoms with van der Waals surface area (Å²) in [6, 6.07) is 8.35. The van der Waals surface area contributed by atoms with Crippen molar-refractivity contribution >= 4 is 43.2 Å². The van der Waals surface area contributed by atoms with Gasteiger partial charge in [0, 0.05) is 31.7 Å². The van der Waals surface area contributed by atoms with Gasteiger partial charge in [-0.05, 0) is 62.1 Å². The molecule has 2 aliphatic rings. The van der Waals surface area contributed by atoms with Gasteiger partial charge in [0.2, 0.25) is 20.0 Å². The number of rotatable bonds is 7. The monoisotopic (exact) mass is 555 g/mol. The van der Waals surface area contributed by atoms with Crippen molar-refractivity contribution in [3.8, 4) is 5.75 Å². The highest BCUT2D eigenvalue weighted by molar-refractivity contribution is 7.89. The minimum atomic E-state index is -3.88. The first kappa shape index (κ1) is 26.9. The fourth-order valence-corrected chi connectivity index (χ4v) is 8.04. The van der Waals surface area contributed by atoms with Crippen LogP contribution in [0.3, 0.4) is 0 Å². The van der Waals surface area contributed by atoms with Gasteiger partial charge in [0.05, 0.1) is 22.7 Å². The van der Waals surface area contributed by atoms with Crippen LogP contribution in [-0.4, -0.2) is 64.6 Å². The topological polar surface area (TPSA) is 113 Å². The minimum absolute atomic E-state index is 0.0343. The van der Waals surface area contributed by atoms with E-state index in [1.54, 1.807) is 0 Å². The Morgan fingerprint density at radius 2 is 1.42 bits per heavy atom. The fraction of sp³-hybridized carbons (Fsp3) is 0.458. The van der Waals surface area contributed by atoms with E-state index >= 15 is 0 Å². The van der Waals surface area contributed by atoms with Crippen LogP contribution in [-0.2, 0) is 20.0 Å². The second-order valence-electron chi connectivity index (χ2n) is 8.89. The third-order valence-electron chi connectivity index (χ3n) is 6.50. The van der Waals surface area contributed by atoms with Gasteiger partial charge < -0.3 is 10.1 Å². The molecular formula is C24H30ClN3O6S2. The van der Waals surface area contributed by atoms with Crippen molar-refractivity contribution in [2.75, 3.05) is 38.6 Å². The number of carbonyl (C=O) groups is 1. The van der Waals surface area contributed by atoms with Crippen molar-refractivity contribution in [3.63, 3.8) is 0 Å². The number of halogens is 1. The first-order valence-corrected chi connectivity index (χ1v) is 15.2. The zero-order valence-corrected chi connectivity index (χ0v) is 22.5. The summed E-state index contributed by atoms with van der Waals surface area (Å²) in [5.74, 6) is -0.344. The average molecular weight is 556 g/mol. The molecule has 196 valence electrons. The zero-order chi connectivity index (χ0) is 25.9. The van der Waals surface area contributed by atoms with Crippen molar-refractivity contribution in [2.24, 2.45) is 0 Å². The number of nitrogens with one attached hydrogen (secondary N) is 1. The number of nitrogens with zero attached hydrogens (tertiary/aromatic N) is 2. The molecule has 36 heavy (non-hydrogen) atoms. The highest BCUT2D eigenvalue weighted by Crippen LogP contribution is 2.32. The molecule has 0 unspecified atom stereocenters.